The van der Waals surface area contributed by atoms with Crippen molar-refractivity contribution >= 4 is 27.3 Å². The van der Waals surface area contributed by atoms with Crippen LogP contribution in [0.4, 0.5) is 0 Å². The summed E-state index contributed by atoms with van der Waals surface area (Å²) in [6.45, 7) is 4.37. The Morgan fingerprint density at radius 2 is 2.25 bits per heavy atom. The second-order valence-electron chi connectivity index (χ2n) is 3.05. The molecule has 2 N–H and O–H groups in total. The quantitative estimate of drug-likeness (QED) is 0.869. The Hall–Kier alpha value is 0.140. The van der Waals surface area contributed by atoms with Crippen molar-refractivity contribution in [2.24, 2.45) is 11.7 Å². The van der Waals surface area contributed by atoms with Gasteiger partial charge in [-0.05, 0) is 34.0 Å². The van der Waals surface area contributed by atoms with Gasteiger partial charge in [-0.15, -0.1) is 11.3 Å². The van der Waals surface area contributed by atoms with E-state index in [9.17, 15) is 0 Å². The van der Waals surface area contributed by atoms with E-state index in [1.165, 1.54) is 4.88 Å². The maximum absolute atomic E-state index is 6.05. The highest BCUT2D eigenvalue weighted by Gasteiger charge is 2.14. The van der Waals surface area contributed by atoms with Crippen LogP contribution in [-0.2, 0) is 0 Å². The molecule has 0 spiro atoms. The zero-order valence-corrected chi connectivity index (χ0v) is 9.78. The third-order valence-electron chi connectivity index (χ3n) is 2.18. The third-order valence-corrected chi connectivity index (χ3v) is 3.90. The average molecular weight is 248 g/mol. The van der Waals surface area contributed by atoms with Crippen LogP contribution < -0.4 is 5.73 Å². The molecule has 1 aromatic heterocycles. The molecule has 0 aromatic carbocycles. The summed E-state index contributed by atoms with van der Waals surface area (Å²) in [5.74, 6) is 0.565. The molecule has 0 bridgehead atoms. The molecular formula is C9H14BrNS. The fourth-order valence-electron chi connectivity index (χ4n) is 1.04. The van der Waals surface area contributed by atoms with Gasteiger partial charge in [0.15, 0.2) is 0 Å². The largest absolute Gasteiger partial charge is 0.323 e. The maximum atomic E-state index is 6.05. The van der Waals surface area contributed by atoms with Gasteiger partial charge in [0.2, 0.25) is 0 Å². The second kappa shape index (κ2) is 4.40. The van der Waals surface area contributed by atoms with Gasteiger partial charge >= 0.3 is 0 Å². The van der Waals surface area contributed by atoms with Crippen molar-refractivity contribution in [2.45, 2.75) is 26.3 Å². The molecule has 2 atom stereocenters. The number of thiophene rings is 1. The molecule has 0 saturated carbocycles. The van der Waals surface area contributed by atoms with Gasteiger partial charge in [0.1, 0.15) is 0 Å². The molecule has 0 radical (unpaired) electrons. The molecule has 1 rings (SSSR count). The van der Waals surface area contributed by atoms with Gasteiger partial charge in [-0.25, -0.2) is 0 Å². The van der Waals surface area contributed by atoms with Crippen LogP contribution in [0.2, 0.25) is 0 Å². The Labute approximate surface area is 86.1 Å². The first-order valence-corrected chi connectivity index (χ1v) is 5.77. The van der Waals surface area contributed by atoms with Crippen molar-refractivity contribution in [3.63, 3.8) is 0 Å². The molecule has 1 nitrogen and oxygen atoms in total. The molecule has 0 amide bonds. The summed E-state index contributed by atoms with van der Waals surface area (Å²) < 4.78 is 1.16. The topological polar surface area (TPSA) is 26.0 Å². The van der Waals surface area contributed by atoms with Crippen molar-refractivity contribution in [1.82, 2.24) is 0 Å². The van der Waals surface area contributed by atoms with E-state index in [-0.39, 0.29) is 6.04 Å². The van der Waals surface area contributed by atoms with Crippen LogP contribution in [0.3, 0.4) is 0 Å². The molecule has 1 heterocycles. The fourth-order valence-corrected chi connectivity index (χ4v) is 2.60. The van der Waals surface area contributed by atoms with Crippen molar-refractivity contribution in [3.05, 3.63) is 20.8 Å². The summed E-state index contributed by atoms with van der Waals surface area (Å²) >= 11 is 5.17. The van der Waals surface area contributed by atoms with E-state index in [0.717, 1.165) is 10.2 Å². The Morgan fingerprint density at radius 1 is 1.58 bits per heavy atom. The monoisotopic (exact) mass is 247 g/mol. The van der Waals surface area contributed by atoms with E-state index in [0.29, 0.717) is 5.92 Å². The molecule has 68 valence electrons. The molecule has 0 aliphatic rings. The normalized spacial score (nSPS) is 16.0. The molecule has 0 saturated heterocycles. The first-order chi connectivity index (χ1) is 5.65. The summed E-state index contributed by atoms with van der Waals surface area (Å²) in [6, 6.07) is 4.36. The van der Waals surface area contributed by atoms with Gasteiger partial charge < -0.3 is 5.73 Å². The Kier molecular flexibility index (Phi) is 3.75. The van der Waals surface area contributed by atoms with Gasteiger partial charge in [0, 0.05) is 10.9 Å². The number of nitrogens with two attached hydrogens (primary N) is 1. The van der Waals surface area contributed by atoms with Crippen LogP contribution in [0, 0.1) is 5.92 Å². The zero-order chi connectivity index (χ0) is 9.14. The van der Waals surface area contributed by atoms with Crippen LogP contribution in [0.25, 0.3) is 0 Å². The van der Waals surface area contributed by atoms with Crippen molar-refractivity contribution < 1.29 is 0 Å². The van der Waals surface area contributed by atoms with Crippen LogP contribution >= 0.6 is 27.3 Å². The highest BCUT2D eigenvalue weighted by molar-refractivity contribution is 9.11. The molecule has 0 aliphatic carbocycles. The van der Waals surface area contributed by atoms with Gasteiger partial charge in [0.05, 0.1) is 3.79 Å². The molecule has 12 heavy (non-hydrogen) atoms. The molecule has 2 unspecified atom stereocenters. The van der Waals surface area contributed by atoms with Gasteiger partial charge in [0.25, 0.3) is 0 Å². The van der Waals surface area contributed by atoms with E-state index in [4.69, 9.17) is 5.73 Å². The highest BCUT2D eigenvalue weighted by atomic mass is 79.9. The van der Waals surface area contributed by atoms with Crippen LogP contribution in [0.1, 0.15) is 31.2 Å². The van der Waals surface area contributed by atoms with Crippen molar-refractivity contribution in [1.29, 1.82) is 0 Å². The summed E-state index contributed by atoms with van der Waals surface area (Å²) in [5.41, 5.74) is 6.05. The lowest BCUT2D eigenvalue weighted by atomic mass is 9.99. The minimum Gasteiger partial charge on any atom is -0.323 e. The SMILES string of the molecule is CCC(C)C(N)c1ccc(Br)s1. The Bertz CT molecular complexity index is 246. The highest BCUT2D eigenvalue weighted by Crippen LogP contribution is 2.30. The molecule has 1 aromatic rings. The summed E-state index contributed by atoms with van der Waals surface area (Å²) in [5, 5.41) is 0. The number of hydrogen-bond donors (Lipinski definition) is 1. The van der Waals surface area contributed by atoms with Crippen molar-refractivity contribution in [2.75, 3.05) is 0 Å². The first kappa shape index (κ1) is 10.2. The standard InChI is InChI=1S/C9H14BrNS/c1-3-6(2)9(11)7-4-5-8(10)12-7/h4-6,9H,3,11H2,1-2H3. The summed E-state index contributed by atoms with van der Waals surface area (Å²) in [7, 11) is 0. The van der Waals surface area contributed by atoms with Crippen LogP contribution in [0.15, 0.2) is 15.9 Å². The molecule has 3 heteroatoms. The molecule has 0 fully saturated rings. The lowest BCUT2D eigenvalue weighted by Gasteiger charge is -2.16. The van der Waals surface area contributed by atoms with Gasteiger partial charge in [-0.2, -0.15) is 0 Å². The summed E-state index contributed by atoms with van der Waals surface area (Å²) in [4.78, 5) is 1.27. The lowest BCUT2D eigenvalue weighted by molar-refractivity contribution is 0.462. The van der Waals surface area contributed by atoms with Crippen LogP contribution in [-0.4, -0.2) is 0 Å². The van der Waals surface area contributed by atoms with Gasteiger partial charge in [-0.1, -0.05) is 20.3 Å². The van der Waals surface area contributed by atoms with Gasteiger partial charge in [-0.3, -0.25) is 0 Å². The Balaban J connectivity index is 2.70. The van der Waals surface area contributed by atoms with E-state index >= 15 is 0 Å². The van der Waals surface area contributed by atoms with E-state index in [1.807, 2.05) is 0 Å². The summed E-state index contributed by atoms with van der Waals surface area (Å²) in [6.07, 6.45) is 1.14. The van der Waals surface area contributed by atoms with Crippen molar-refractivity contribution in [3.8, 4) is 0 Å². The number of hydrogen-bond acceptors (Lipinski definition) is 2. The maximum Gasteiger partial charge on any atom is 0.0701 e. The predicted octanol–water partition coefficient (Wildman–Crippen LogP) is 3.56. The minimum absolute atomic E-state index is 0.200. The third kappa shape index (κ3) is 2.31. The molecule has 0 aliphatic heterocycles. The fraction of sp³-hybridized carbons (Fsp3) is 0.556. The lowest BCUT2D eigenvalue weighted by Crippen LogP contribution is -2.16. The number of rotatable bonds is 3. The van der Waals surface area contributed by atoms with E-state index in [2.05, 4.69) is 41.9 Å². The second-order valence-corrected chi connectivity index (χ2v) is 5.55. The van der Waals surface area contributed by atoms with E-state index < -0.39 is 0 Å². The van der Waals surface area contributed by atoms with E-state index in [1.54, 1.807) is 11.3 Å². The zero-order valence-electron chi connectivity index (χ0n) is 7.38. The average Bonchev–Trinajstić information content (AvgIpc) is 2.49. The smallest absolute Gasteiger partial charge is 0.0701 e. The molecular weight excluding hydrogens is 234 g/mol. The van der Waals surface area contributed by atoms with Crippen LogP contribution in [0.5, 0.6) is 0 Å². The Morgan fingerprint density at radius 3 is 2.67 bits per heavy atom. The predicted molar refractivity (Wildman–Crippen MR) is 58.4 cm³/mol. The minimum atomic E-state index is 0.200. The first-order valence-electron chi connectivity index (χ1n) is 4.16. The number of halogens is 1.